The molecule has 0 aromatic heterocycles. The molecule has 0 spiro atoms. The second kappa shape index (κ2) is 15.7. The van der Waals surface area contributed by atoms with Crippen LogP contribution in [-0.4, -0.2) is 75.9 Å². The van der Waals surface area contributed by atoms with Crippen molar-refractivity contribution in [3.8, 4) is 0 Å². The zero-order chi connectivity index (χ0) is 35.3. The highest BCUT2D eigenvalue weighted by molar-refractivity contribution is 5.97. The minimum absolute atomic E-state index is 0.0282. The van der Waals surface area contributed by atoms with Crippen molar-refractivity contribution in [2.24, 2.45) is 17.8 Å². The first kappa shape index (κ1) is 36.3. The van der Waals surface area contributed by atoms with Crippen LogP contribution >= 0.6 is 0 Å². The van der Waals surface area contributed by atoms with E-state index in [9.17, 15) is 29.1 Å². The third-order valence-corrected chi connectivity index (χ3v) is 10.7. The van der Waals surface area contributed by atoms with E-state index in [0.717, 1.165) is 54.9 Å². The summed E-state index contributed by atoms with van der Waals surface area (Å²) in [6.45, 7) is 7.40. The highest BCUT2D eigenvalue weighted by atomic mass is 16.5. The molecule has 0 unspecified atom stereocenters. The number of ether oxygens (including phenoxy) is 1. The Morgan fingerprint density at radius 1 is 1.00 bits per heavy atom. The van der Waals surface area contributed by atoms with Gasteiger partial charge >= 0.3 is 5.97 Å². The fraction of sp³-hybridized carbons (Fsp3) is 0.605. The standard InChI is InChI=1S/C38H52N4O7/c1-5-12-28-20-38(28,37(47)48)41-34(44)31-19-29(49-22-27-17-11-16-25-13-9-10-18-30(25)27)21-42(31)36(46)32(23(2)3)40-35(45)33(39-24(4)43)26-14-7-6-8-15-26/h9-11,13,16-18,23,26,28-29,31-33H,5-8,12,14-15,19-22H2,1-4H3,(H,39,43)(H,40,45)(H,41,44)(H,47,48)/t28-,29-,31+,32+,33+,38+/m1/s1. The van der Waals surface area contributed by atoms with Gasteiger partial charge in [0.05, 0.1) is 12.7 Å². The Balaban J connectivity index is 1.37. The molecule has 11 nitrogen and oxygen atoms in total. The molecule has 2 aliphatic carbocycles. The number of hydrogen-bond acceptors (Lipinski definition) is 6. The summed E-state index contributed by atoms with van der Waals surface area (Å²) in [4.78, 5) is 68.1. The van der Waals surface area contributed by atoms with E-state index in [0.29, 0.717) is 12.8 Å². The predicted molar refractivity (Wildman–Crippen MR) is 185 cm³/mol. The first-order valence-corrected chi connectivity index (χ1v) is 18.0. The maximum Gasteiger partial charge on any atom is 0.329 e. The lowest BCUT2D eigenvalue weighted by molar-refractivity contribution is -0.146. The molecule has 6 atom stereocenters. The van der Waals surface area contributed by atoms with Crippen molar-refractivity contribution in [2.75, 3.05) is 6.54 Å². The van der Waals surface area contributed by atoms with Crippen molar-refractivity contribution in [2.45, 2.75) is 122 Å². The number of carbonyl (C=O) groups is 5. The molecular formula is C38H52N4O7. The molecule has 0 radical (unpaired) electrons. The number of likely N-dealkylation sites (tertiary alicyclic amines) is 1. The summed E-state index contributed by atoms with van der Waals surface area (Å²) < 4.78 is 6.37. The molecule has 0 bridgehead atoms. The predicted octanol–water partition coefficient (Wildman–Crippen LogP) is 4.31. The summed E-state index contributed by atoms with van der Waals surface area (Å²) >= 11 is 0. The normalized spacial score (nSPS) is 25.1. The summed E-state index contributed by atoms with van der Waals surface area (Å²) in [5, 5.41) is 20.8. The van der Waals surface area contributed by atoms with Crippen LogP contribution in [0.25, 0.3) is 10.8 Å². The van der Waals surface area contributed by atoms with Gasteiger partial charge in [0.25, 0.3) is 0 Å². The number of carboxylic acids is 1. The van der Waals surface area contributed by atoms with Gasteiger partial charge in [-0.3, -0.25) is 19.2 Å². The molecule has 2 saturated carbocycles. The molecule has 11 heteroatoms. The van der Waals surface area contributed by atoms with Crippen molar-refractivity contribution in [1.82, 2.24) is 20.9 Å². The lowest BCUT2D eigenvalue weighted by atomic mass is 9.83. The Morgan fingerprint density at radius 2 is 1.71 bits per heavy atom. The second-order valence-corrected chi connectivity index (χ2v) is 14.6. The van der Waals surface area contributed by atoms with Crippen molar-refractivity contribution in [1.29, 1.82) is 0 Å². The smallest absolute Gasteiger partial charge is 0.329 e. The molecule has 2 aromatic rings. The van der Waals surface area contributed by atoms with E-state index in [1.165, 1.54) is 11.8 Å². The van der Waals surface area contributed by atoms with Crippen LogP contribution in [-0.2, 0) is 35.3 Å². The molecule has 1 aliphatic heterocycles. The van der Waals surface area contributed by atoms with Gasteiger partial charge in [0.2, 0.25) is 23.6 Å². The van der Waals surface area contributed by atoms with Crippen LogP contribution in [0.2, 0.25) is 0 Å². The third kappa shape index (κ3) is 8.25. The number of hydrogen-bond donors (Lipinski definition) is 4. The average Bonchev–Trinajstić information content (AvgIpc) is 3.60. The highest BCUT2D eigenvalue weighted by Gasteiger charge is 2.62. The molecule has 1 heterocycles. The van der Waals surface area contributed by atoms with Gasteiger partial charge in [-0.2, -0.15) is 0 Å². The number of nitrogens with zero attached hydrogens (tertiary/aromatic N) is 1. The molecule has 3 aliphatic rings. The van der Waals surface area contributed by atoms with Crippen molar-refractivity contribution < 1.29 is 33.8 Å². The highest BCUT2D eigenvalue weighted by Crippen LogP contribution is 2.47. The number of carboxylic acid groups (broad SMARTS) is 1. The van der Waals surface area contributed by atoms with E-state index in [4.69, 9.17) is 4.74 Å². The first-order valence-electron chi connectivity index (χ1n) is 18.0. The molecule has 2 aromatic carbocycles. The molecular weight excluding hydrogens is 624 g/mol. The van der Waals surface area contributed by atoms with Crippen LogP contribution in [0, 0.1) is 17.8 Å². The van der Waals surface area contributed by atoms with Gasteiger partial charge < -0.3 is 30.7 Å². The summed E-state index contributed by atoms with van der Waals surface area (Å²) in [5.74, 6) is -3.29. The Bertz CT molecular complexity index is 1530. The monoisotopic (exact) mass is 676 g/mol. The summed E-state index contributed by atoms with van der Waals surface area (Å²) in [6.07, 6.45) is 6.17. The number of rotatable bonds is 14. The molecule has 3 fully saturated rings. The SMILES string of the molecule is CCC[C@@H]1C[C@@]1(NC(=O)[C@@H]1C[C@@H](OCc2cccc3ccccc23)CN1C(=O)[C@@H](NC(=O)[C@@H](NC(C)=O)C1CCCCC1)C(C)C)C(=O)O. The second-order valence-electron chi connectivity index (χ2n) is 14.6. The van der Waals surface area contributed by atoms with E-state index in [-0.39, 0.29) is 43.2 Å². The van der Waals surface area contributed by atoms with E-state index in [2.05, 4.69) is 16.0 Å². The molecule has 4 amide bonds. The molecule has 1 saturated heterocycles. The molecule has 5 rings (SSSR count). The van der Waals surface area contributed by atoms with Gasteiger partial charge in [-0.25, -0.2) is 4.79 Å². The van der Waals surface area contributed by atoms with Crippen LogP contribution < -0.4 is 16.0 Å². The zero-order valence-electron chi connectivity index (χ0n) is 29.2. The number of amides is 4. The van der Waals surface area contributed by atoms with Gasteiger partial charge in [0.15, 0.2) is 0 Å². The fourth-order valence-corrected chi connectivity index (χ4v) is 7.85. The summed E-state index contributed by atoms with van der Waals surface area (Å²) in [7, 11) is 0. The van der Waals surface area contributed by atoms with E-state index in [1.54, 1.807) is 0 Å². The van der Waals surface area contributed by atoms with Crippen LogP contribution in [0.5, 0.6) is 0 Å². The number of carbonyl (C=O) groups excluding carboxylic acids is 4. The Kier molecular flexibility index (Phi) is 11.6. The molecule has 49 heavy (non-hydrogen) atoms. The summed E-state index contributed by atoms with van der Waals surface area (Å²) in [6, 6.07) is 11.3. The lowest BCUT2D eigenvalue weighted by Gasteiger charge is -2.34. The largest absolute Gasteiger partial charge is 0.479 e. The van der Waals surface area contributed by atoms with Crippen molar-refractivity contribution >= 4 is 40.4 Å². The van der Waals surface area contributed by atoms with Gasteiger partial charge in [-0.15, -0.1) is 0 Å². The van der Waals surface area contributed by atoms with E-state index < -0.39 is 53.5 Å². The summed E-state index contributed by atoms with van der Waals surface area (Å²) in [5.41, 5.74) is -0.367. The quantitative estimate of drug-likeness (QED) is 0.233. The van der Waals surface area contributed by atoms with Gasteiger partial charge in [-0.05, 0) is 59.8 Å². The Morgan fingerprint density at radius 3 is 2.39 bits per heavy atom. The number of benzene rings is 2. The number of nitrogens with one attached hydrogen (secondary N) is 3. The van der Waals surface area contributed by atoms with E-state index in [1.807, 2.05) is 63.2 Å². The first-order chi connectivity index (χ1) is 23.4. The van der Waals surface area contributed by atoms with Gasteiger partial charge in [0, 0.05) is 19.9 Å². The van der Waals surface area contributed by atoms with Crippen LogP contribution in [0.15, 0.2) is 42.5 Å². The van der Waals surface area contributed by atoms with Gasteiger partial charge in [-0.1, -0.05) is 88.9 Å². The van der Waals surface area contributed by atoms with E-state index >= 15 is 0 Å². The lowest BCUT2D eigenvalue weighted by Crippen LogP contribution is -2.60. The van der Waals surface area contributed by atoms with Crippen LogP contribution in [0.4, 0.5) is 0 Å². The van der Waals surface area contributed by atoms with Crippen LogP contribution in [0.3, 0.4) is 0 Å². The number of aliphatic carboxylic acids is 1. The van der Waals surface area contributed by atoms with Gasteiger partial charge in [0.1, 0.15) is 23.7 Å². The Hall–Kier alpha value is -3.99. The topological polar surface area (TPSA) is 154 Å². The van der Waals surface area contributed by atoms with Crippen molar-refractivity contribution in [3.63, 3.8) is 0 Å². The molecule has 4 N–H and O–H groups in total. The maximum atomic E-state index is 14.4. The molecule has 266 valence electrons. The maximum absolute atomic E-state index is 14.4. The number of fused-ring (bicyclic) bond motifs is 1. The fourth-order valence-electron chi connectivity index (χ4n) is 7.85. The van der Waals surface area contributed by atoms with Crippen molar-refractivity contribution in [3.05, 3.63) is 48.0 Å². The minimum Gasteiger partial charge on any atom is -0.479 e. The minimum atomic E-state index is -1.35. The van der Waals surface area contributed by atoms with Crippen LogP contribution in [0.1, 0.15) is 91.0 Å². The third-order valence-electron chi connectivity index (χ3n) is 10.7. The average molecular weight is 677 g/mol. The zero-order valence-corrected chi connectivity index (χ0v) is 29.2. The Labute approximate surface area is 288 Å².